The zero-order chi connectivity index (χ0) is 11.5. The van der Waals surface area contributed by atoms with Crippen molar-refractivity contribution in [3.8, 4) is 0 Å². The number of aryl methyl sites for hydroxylation is 1. The Kier molecular flexibility index (Phi) is 3.24. The Balaban J connectivity index is 2.17. The molecule has 1 aliphatic rings. The first-order valence-corrected chi connectivity index (χ1v) is 5.66. The molecule has 5 heteroatoms. The number of hydrogen-bond donors (Lipinski definition) is 1. The Morgan fingerprint density at radius 3 is 3.19 bits per heavy atom. The summed E-state index contributed by atoms with van der Waals surface area (Å²) in [6, 6.07) is 2.11. The standard InChI is InChI=1S/C11H17N3O2/c1-3-16-11(15)10-7-9(13-14(10)2)8-5-4-6-12-8/h7-8,12H,3-6H2,1-2H3. The lowest BCUT2D eigenvalue weighted by Gasteiger charge is -2.04. The molecule has 1 aromatic rings. The third-order valence-electron chi connectivity index (χ3n) is 2.80. The largest absolute Gasteiger partial charge is 0.461 e. The van der Waals surface area contributed by atoms with Crippen LogP contribution in [-0.4, -0.2) is 28.9 Å². The van der Waals surface area contributed by atoms with Crippen molar-refractivity contribution >= 4 is 5.97 Å². The molecular weight excluding hydrogens is 206 g/mol. The number of rotatable bonds is 3. The smallest absolute Gasteiger partial charge is 0.356 e. The number of ether oxygens (including phenoxy) is 1. The topological polar surface area (TPSA) is 56.1 Å². The van der Waals surface area contributed by atoms with E-state index >= 15 is 0 Å². The van der Waals surface area contributed by atoms with E-state index < -0.39 is 0 Å². The van der Waals surface area contributed by atoms with Crippen LogP contribution in [0.3, 0.4) is 0 Å². The van der Waals surface area contributed by atoms with Crippen molar-refractivity contribution in [3.05, 3.63) is 17.5 Å². The van der Waals surface area contributed by atoms with E-state index in [4.69, 9.17) is 4.74 Å². The molecule has 0 saturated carbocycles. The first-order valence-electron chi connectivity index (χ1n) is 5.66. The van der Waals surface area contributed by atoms with Gasteiger partial charge >= 0.3 is 5.97 Å². The molecule has 1 aromatic heterocycles. The molecule has 1 aliphatic heterocycles. The molecule has 5 nitrogen and oxygen atoms in total. The van der Waals surface area contributed by atoms with Crippen molar-refractivity contribution < 1.29 is 9.53 Å². The van der Waals surface area contributed by atoms with Crippen LogP contribution in [0.15, 0.2) is 6.07 Å². The maximum absolute atomic E-state index is 11.6. The molecule has 0 aliphatic carbocycles. The monoisotopic (exact) mass is 223 g/mol. The maximum Gasteiger partial charge on any atom is 0.356 e. The lowest BCUT2D eigenvalue weighted by atomic mass is 10.1. The molecule has 1 atom stereocenters. The van der Waals surface area contributed by atoms with Gasteiger partial charge in [-0.25, -0.2) is 4.79 Å². The highest BCUT2D eigenvalue weighted by atomic mass is 16.5. The van der Waals surface area contributed by atoms with Crippen LogP contribution < -0.4 is 5.32 Å². The van der Waals surface area contributed by atoms with Gasteiger partial charge in [-0.15, -0.1) is 0 Å². The summed E-state index contributed by atoms with van der Waals surface area (Å²) in [4.78, 5) is 11.6. The molecule has 16 heavy (non-hydrogen) atoms. The summed E-state index contributed by atoms with van der Waals surface area (Å²) in [6.45, 7) is 3.21. The number of carbonyl (C=O) groups excluding carboxylic acids is 1. The summed E-state index contributed by atoms with van der Waals surface area (Å²) in [5.41, 5.74) is 1.45. The maximum atomic E-state index is 11.6. The second kappa shape index (κ2) is 4.65. The number of carbonyl (C=O) groups is 1. The number of aromatic nitrogens is 2. The van der Waals surface area contributed by atoms with Gasteiger partial charge < -0.3 is 10.1 Å². The molecule has 1 unspecified atom stereocenters. The van der Waals surface area contributed by atoms with Gasteiger partial charge in [0.25, 0.3) is 0 Å². The fourth-order valence-electron chi connectivity index (χ4n) is 1.99. The normalized spacial score (nSPS) is 20.0. The minimum Gasteiger partial charge on any atom is -0.461 e. The van der Waals surface area contributed by atoms with Crippen molar-refractivity contribution in [2.45, 2.75) is 25.8 Å². The number of nitrogens with zero attached hydrogens (tertiary/aromatic N) is 2. The third kappa shape index (κ3) is 2.09. The Bertz CT molecular complexity index is 381. The minimum absolute atomic E-state index is 0.286. The quantitative estimate of drug-likeness (QED) is 0.777. The molecule has 0 amide bonds. The highest BCUT2D eigenvalue weighted by Gasteiger charge is 2.22. The summed E-state index contributed by atoms with van der Waals surface area (Å²) < 4.78 is 6.56. The molecule has 0 bridgehead atoms. The SMILES string of the molecule is CCOC(=O)c1cc(C2CCCN2)nn1C. The van der Waals surface area contributed by atoms with E-state index in [1.807, 2.05) is 6.07 Å². The first kappa shape index (κ1) is 11.1. The van der Waals surface area contributed by atoms with E-state index in [2.05, 4.69) is 10.4 Å². The summed E-state index contributed by atoms with van der Waals surface area (Å²) in [5.74, 6) is -0.304. The molecule has 0 aromatic carbocycles. The fraction of sp³-hybridized carbons (Fsp3) is 0.636. The minimum atomic E-state index is -0.304. The van der Waals surface area contributed by atoms with E-state index in [-0.39, 0.29) is 12.0 Å². The Hall–Kier alpha value is -1.36. The Morgan fingerprint density at radius 2 is 2.56 bits per heavy atom. The van der Waals surface area contributed by atoms with E-state index in [0.29, 0.717) is 12.3 Å². The molecule has 1 fully saturated rings. The summed E-state index contributed by atoms with van der Waals surface area (Å²) in [6.07, 6.45) is 2.25. The average molecular weight is 223 g/mol. The van der Waals surface area contributed by atoms with Crippen molar-refractivity contribution in [3.63, 3.8) is 0 Å². The second-order valence-electron chi connectivity index (χ2n) is 3.95. The van der Waals surface area contributed by atoms with Crippen molar-refractivity contribution in [2.75, 3.05) is 13.2 Å². The van der Waals surface area contributed by atoms with Crippen LogP contribution in [0.5, 0.6) is 0 Å². The molecule has 0 spiro atoms. The van der Waals surface area contributed by atoms with Gasteiger partial charge in [-0.2, -0.15) is 5.10 Å². The van der Waals surface area contributed by atoms with Gasteiger partial charge in [0.05, 0.1) is 18.3 Å². The highest BCUT2D eigenvalue weighted by Crippen LogP contribution is 2.22. The highest BCUT2D eigenvalue weighted by molar-refractivity contribution is 5.87. The summed E-state index contributed by atoms with van der Waals surface area (Å²) >= 11 is 0. The number of hydrogen-bond acceptors (Lipinski definition) is 4. The molecule has 88 valence electrons. The van der Waals surface area contributed by atoms with E-state index in [0.717, 1.165) is 25.1 Å². The summed E-state index contributed by atoms with van der Waals surface area (Å²) in [7, 11) is 1.77. The molecular formula is C11H17N3O2. The van der Waals surface area contributed by atoms with Gasteiger partial charge in [0.2, 0.25) is 0 Å². The van der Waals surface area contributed by atoms with Crippen LogP contribution in [0.4, 0.5) is 0 Å². The van der Waals surface area contributed by atoms with Crippen LogP contribution in [0.2, 0.25) is 0 Å². The van der Waals surface area contributed by atoms with E-state index in [9.17, 15) is 4.79 Å². The molecule has 1 N–H and O–H groups in total. The first-order chi connectivity index (χ1) is 7.72. The molecule has 0 radical (unpaired) electrons. The lowest BCUT2D eigenvalue weighted by Crippen LogP contribution is -2.13. The predicted octanol–water partition coefficient (Wildman–Crippen LogP) is 1.02. The Labute approximate surface area is 94.8 Å². The van der Waals surface area contributed by atoms with Crippen LogP contribution >= 0.6 is 0 Å². The second-order valence-corrected chi connectivity index (χ2v) is 3.95. The van der Waals surface area contributed by atoms with Crippen molar-refractivity contribution in [1.82, 2.24) is 15.1 Å². The van der Waals surface area contributed by atoms with Gasteiger partial charge in [-0.1, -0.05) is 0 Å². The third-order valence-corrected chi connectivity index (χ3v) is 2.80. The van der Waals surface area contributed by atoms with Gasteiger partial charge in [0.15, 0.2) is 0 Å². The molecule has 1 saturated heterocycles. The predicted molar refractivity (Wildman–Crippen MR) is 59.1 cm³/mol. The van der Waals surface area contributed by atoms with Gasteiger partial charge in [-0.3, -0.25) is 4.68 Å². The van der Waals surface area contributed by atoms with Crippen LogP contribution in [-0.2, 0) is 11.8 Å². The van der Waals surface area contributed by atoms with Gasteiger partial charge in [0, 0.05) is 7.05 Å². The van der Waals surface area contributed by atoms with E-state index in [1.54, 1.807) is 18.7 Å². The number of nitrogens with one attached hydrogen (secondary N) is 1. The molecule has 2 heterocycles. The van der Waals surface area contributed by atoms with Gasteiger partial charge in [-0.05, 0) is 32.4 Å². The number of esters is 1. The Morgan fingerprint density at radius 1 is 1.75 bits per heavy atom. The van der Waals surface area contributed by atoms with Crippen LogP contribution in [0, 0.1) is 0 Å². The van der Waals surface area contributed by atoms with Crippen LogP contribution in [0.1, 0.15) is 42.0 Å². The lowest BCUT2D eigenvalue weighted by molar-refractivity contribution is 0.0513. The zero-order valence-corrected chi connectivity index (χ0v) is 9.69. The van der Waals surface area contributed by atoms with Crippen molar-refractivity contribution in [2.24, 2.45) is 7.05 Å². The van der Waals surface area contributed by atoms with Crippen LogP contribution in [0.25, 0.3) is 0 Å². The zero-order valence-electron chi connectivity index (χ0n) is 9.69. The average Bonchev–Trinajstić information content (AvgIpc) is 2.86. The van der Waals surface area contributed by atoms with Gasteiger partial charge in [0.1, 0.15) is 5.69 Å². The fourth-order valence-corrected chi connectivity index (χ4v) is 1.99. The summed E-state index contributed by atoms with van der Waals surface area (Å²) in [5, 5.41) is 7.71. The van der Waals surface area contributed by atoms with Crippen molar-refractivity contribution in [1.29, 1.82) is 0 Å². The van der Waals surface area contributed by atoms with E-state index in [1.165, 1.54) is 0 Å². The molecule has 2 rings (SSSR count).